The van der Waals surface area contributed by atoms with Crippen LogP contribution in [0.25, 0.3) is 0 Å². The highest BCUT2D eigenvalue weighted by atomic mass is 16.5. The molecule has 1 fully saturated rings. The number of benzene rings is 1. The molecule has 6 nitrogen and oxygen atoms in total. The molecule has 1 atom stereocenters. The molecular formula is C15H21N3O3. The highest BCUT2D eigenvalue weighted by Gasteiger charge is 2.23. The van der Waals surface area contributed by atoms with Crippen LogP contribution in [0.4, 0.5) is 16.2 Å². The van der Waals surface area contributed by atoms with E-state index in [2.05, 4.69) is 16.0 Å². The lowest BCUT2D eigenvalue weighted by molar-refractivity contribution is -0.124. The number of anilines is 2. The van der Waals surface area contributed by atoms with Gasteiger partial charge in [-0.25, -0.2) is 4.79 Å². The first kappa shape index (κ1) is 15.3. The first-order chi connectivity index (χ1) is 10.0. The van der Waals surface area contributed by atoms with Crippen LogP contribution in [0.15, 0.2) is 24.3 Å². The van der Waals surface area contributed by atoms with Crippen LogP contribution >= 0.6 is 0 Å². The topological polar surface area (TPSA) is 79.5 Å². The van der Waals surface area contributed by atoms with E-state index in [0.29, 0.717) is 18.0 Å². The van der Waals surface area contributed by atoms with Crippen molar-refractivity contribution in [3.8, 4) is 0 Å². The van der Waals surface area contributed by atoms with Gasteiger partial charge in [0.1, 0.15) is 6.10 Å². The van der Waals surface area contributed by atoms with Crippen molar-refractivity contribution in [2.75, 3.05) is 17.2 Å². The molecule has 1 unspecified atom stereocenters. The van der Waals surface area contributed by atoms with Gasteiger partial charge < -0.3 is 20.7 Å². The fourth-order valence-corrected chi connectivity index (χ4v) is 2.07. The standard InChI is InChI=1S/C15H21N3O3/c1-10(2)16-15(20)18-12-7-5-11(6-8-12)17-14(19)13-4-3-9-21-13/h5-8,10,13H,3-4,9H2,1-2H3,(H,17,19)(H2,16,18,20). The molecule has 0 bridgehead atoms. The van der Waals surface area contributed by atoms with Crippen molar-refractivity contribution in [2.45, 2.75) is 38.8 Å². The summed E-state index contributed by atoms with van der Waals surface area (Å²) in [7, 11) is 0. The quantitative estimate of drug-likeness (QED) is 0.796. The van der Waals surface area contributed by atoms with E-state index >= 15 is 0 Å². The second-order valence-corrected chi connectivity index (χ2v) is 5.32. The maximum atomic E-state index is 11.9. The zero-order chi connectivity index (χ0) is 15.2. The molecule has 6 heteroatoms. The minimum atomic E-state index is -0.348. The van der Waals surface area contributed by atoms with Gasteiger partial charge in [0.25, 0.3) is 5.91 Å². The smallest absolute Gasteiger partial charge is 0.319 e. The van der Waals surface area contributed by atoms with Gasteiger partial charge in [-0.05, 0) is 51.0 Å². The summed E-state index contributed by atoms with van der Waals surface area (Å²) < 4.78 is 5.32. The van der Waals surface area contributed by atoms with Crippen LogP contribution in [0.2, 0.25) is 0 Å². The van der Waals surface area contributed by atoms with Crippen molar-refractivity contribution < 1.29 is 14.3 Å². The normalized spacial score (nSPS) is 17.6. The maximum Gasteiger partial charge on any atom is 0.319 e. The number of hydrogen-bond acceptors (Lipinski definition) is 3. The Bertz CT molecular complexity index is 493. The molecule has 0 saturated carbocycles. The van der Waals surface area contributed by atoms with Gasteiger partial charge in [0.05, 0.1) is 0 Å². The molecule has 1 aliphatic heterocycles. The first-order valence-electron chi connectivity index (χ1n) is 7.14. The van der Waals surface area contributed by atoms with Crippen molar-refractivity contribution in [1.82, 2.24) is 5.32 Å². The van der Waals surface area contributed by atoms with Gasteiger partial charge in [-0.15, -0.1) is 0 Å². The fraction of sp³-hybridized carbons (Fsp3) is 0.467. The Kier molecular flexibility index (Phi) is 5.16. The predicted octanol–water partition coefficient (Wildman–Crippen LogP) is 2.33. The number of ether oxygens (including phenoxy) is 1. The molecule has 1 heterocycles. The summed E-state index contributed by atoms with van der Waals surface area (Å²) in [6.07, 6.45) is 1.34. The summed E-state index contributed by atoms with van der Waals surface area (Å²) in [6.45, 7) is 4.43. The summed E-state index contributed by atoms with van der Waals surface area (Å²) in [5.41, 5.74) is 1.36. The first-order valence-corrected chi connectivity index (χ1v) is 7.14. The zero-order valence-corrected chi connectivity index (χ0v) is 12.3. The molecule has 114 valence electrons. The van der Waals surface area contributed by atoms with E-state index in [9.17, 15) is 9.59 Å². The van der Waals surface area contributed by atoms with E-state index in [1.54, 1.807) is 24.3 Å². The molecule has 2 rings (SSSR count). The number of rotatable bonds is 4. The molecule has 1 aromatic carbocycles. The Balaban J connectivity index is 1.86. The minimum Gasteiger partial charge on any atom is -0.368 e. The molecule has 1 saturated heterocycles. The predicted molar refractivity (Wildman–Crippen MR) is 81.3 cm³/mol. The SMILES string of the molecule is CC(C)NC(=O)Nc1ccc(NC(=O)C2CCCO2)cc1. The van der Waals surface area contributed by atoms with Crippen LogP contribution in [0.5, 0.6) is 0 Å². The van der Waals surface area contributed by atoms with Gasteiger partial charge in [0, 0.05) is 24.0 Å². The lowest BCUT2D eigenvalue weighted by Crippen LogP contribution is -2.34. The van der Waals surface area contributed by atoms with E-state index in [1.165, 1.54) is 0 Å². The van der Waals surface area contributed by atoms with Crippen LogP contribution in [0, 0.1) is 0 Å². The summed E-state index contributed by atoms with van der Waals surface area (Å²) in [6, 6.07) is 6.81. The zero-order valence-electron chi connectivity index (χ0n) is 12.3. The Hall–Kier alpha value is -2.08. The number of urea groups is 1. The van der Waals surface area contributed by atoms with Gasteiger partial charge in [0.2, 0.25) is 0 Å². The second-order valence-electron chi connectivity index (χ2n) is 5.32. The van der Waals surface area contributed by atoms with Crippen LogP contribution in [0.1, 0.15) is 26.7 Å². The Morgan fingerprint density at radius 1 is 1.14 bits per heavy atom. The van der Waals surface area contributed by atoms with E-state index in [0.717, 1.165) is 12.8 Å². The van der Waals surface area contributed by atoms with Crippen LogP contribution in [-0.4, -0.2) is 30.7 Å². The molecule has 1 aromatic rings. The van der Waals surface area contributed by atoms with E-state index in [1.807, 2.05) is 13.8 Å². The lowest BCUT2D eigenvalue weighted by Gasteiger charge is -2.12. The van der Waals surface area contributed by atoms with E-state index in [-0.39, 0.29) is 24.1 Å². The lowest BCUT2D eigenvalue weighted by atomic mass is 10.2. The van der Waals surface area contributed by atoms with Crippen molar-refractivity contribution in [2.24, 2.45) is 0 Å². The summed E-state index contributed by atoms with van der Waals surface area (Å²) in [4.78, 5) is 23.4. The van der Waals surface area contributed by atoms with Crippen LogP contribution in [-0.2, 0) is 9.53 Å². The molecule has 0 radical (unpaired) electrons. The highest BCUT2D eigenvalue weighted by Crippen LogP contribution is 2.17. The largest absolute Gasteiger partial charge is 0.368 e. The number of carbonyl (C=O) groups excluding carboxylic acids is 2. The highest BCUT2D eigenvalue weighted by molar-refractivity contribution is 5.95. The van der Waals surface area contributed by atoms with Gasteiger partial charge in [-0.1, -0.05) is 0 Å². The number of hydrogen-bond donors (Lipinski definition) is 3. The minimum absolute atomic E-state index is 0.0787. The third-order valence-electron chi connectivity index (χ3n) is 3.05. The third kappa shape index (κ3) is 4.75. The average molecular weight is 291 g/mol. The van der Waals surface area contributed by atoms with Gasteiger partial charge in [-0.2, -0.15) is 0 Å². The molecule has 1 aliphatic rings. The van der Waals surface area contributed by atoms with E-state index in [4.69, 9.17) is 4.74 Å². The fourth-order valence-electron chi connectivity index (χ4n) is 2.07. The molecule has 3 amide bonds. The second kappa shape index (κ2) is 7.08. The number of nitrogens with one attached hydrogen (secondary N) is 3. The molecular weight excluding hydrogens is 270 g/mol. The van der Waals surface area contributed by atoms with Gasteiger partial charge >= 0.3 is 6.03 Å². The molecule has 0 spiro atoms. The molecule has 3 N–H and O–H groups in total. The Labute approximate surface area is 124 Å². The van der Waals surface area contributed by atoms with Crippen molar-refractivity contribution in [3.63, 3.8) is 0 Å². The van der Waals surface area contributed by atoms with Crippen molar-refractivity contribution in [1.29, 1.82) is 0 Å². The van der Waals surface area contributed by atoms with Crippen molar-refractivity contribution in [3.05, 3.63) is 24.3 Å². The molecule has 0 aromatic heterocycles. The molecule has 0 aliphatic carbocycles. The Morgan fingerprint density at radius 2 is 1.76 bits per heavy atom. The third-order valence-corrected chi connectivity index (χ3v) is 3.05. The monoisotopic (exact) mass is 291 g/mol. The van der Waals surface area contributed by atoms with Crippen molar-refractivity contribution >= 4 is 23.3 Å². The maximum absolute atomic E-state index is 11.9. The van der Waals surface area contributed by atoms with Gasteiger partial charge in [-0.3, -0.25) is 4.79 Å². The summed E-state index contributed by atoms with van der Waals surface area (Å²) >= 11 is 0. The number of amides is 3. The van der Waals surface area contributed by atoms with Crippen LogP contribution in [0.3, 0.4) is 0 Å². The van der Waals surface area contributed by atoms with E-state index < -0.39 is 0 Å². The van der Waals surface area contributed by atoms with Crippen LogP contribution < -0.4 is 16.0 Å². The Morgan fingerprint density at radius 3 is 2.29 bits per heavy atom. The number of carbonyl (C=O) groups is 2. The average Bonchev–Trinajstić information content (AvgIpc) is 2.94. The summed E-state index contributed by atoms with van der Waals surface area (Å²) in [5, 5.41) is 8.26. The summed E-state index contributed by atoms with van der Waals surface area (Å²) in [5.74, 6) is -0.120. The molecule has 21 heavy (non-hydrogen) atoms. The van der Waals surface area contributed by atoms with Gasteiger partial charge in [0.15, 0.2) is 0 Å².